The summed E-state index contributed by atoms with van der Waals surface area (Å²) in [5, 5.41) is 23.1. The summed E-state index contributed by atoms with van der Waals surface area (Å²) in [5.74, 6) is 0.516. The number of phenols is 2. The van der Waals surface area contributed by atoms with Crippen molar-refractivity contribution in [1.29, 1.82) is 0 Å². The van der Waals surface area contributed by atoms with Crippen molar-refractivity contribution >= 4 is 0 Å². The van der Waals surface area contributed by atoms with E-state index in [-0.39, 0.29) is 17.5 Å². The molecule has 1 aliphatic rings. The highest BCUT2D eigenvalue weighted by Crippen LogP contribution is 2.34. The van der Waals surface area contributed by atoms with Crippen molar-refractivity contribution in [3.63, 3.8) is 0 Å². The zero-order valence-corrected chi connectivity index (χ0v) is 11.6. The Hall–Kier alpha value is -1.26. The molecule has 3 N–H and O–H groups in total. The van der Waals surface area contributed by atoms with Crippen molar-refractivity contribution in [1.82, 2.24) is 10.2 Å². The molecule has 0 aromatic heterocycles. The molecule has 0 saturated carbocycles. The minimum Gasteiger partial charge on any atom is -0.508 e. The Morgan fingerprint density at radius 3 is 2.68 bits per heavy atom. The fourth-order valence-electron chi connectivity index (χ4n) is 2.73. The Labute approximate surface area is 115 Å². The number of aromatic hydroxyl groups is 2. The van der Waals surface area contributed by atoms with Crippen molar-refractivity contribution in [3.05, 3.63) is 23.8 Å². The number of hydrogen-bond acceptors (Lipinski definition) is 4. The van der Waals surface area contributed by atoms with Gasteiger partial charge in [-0.2, -0.15) is 0 Å². The van der Waals surface area contributed by atoms with Crippen LogP contribution in [0.4, 0.5) is 0 Å². The first-order chi connectivity index (χ1) is 9.22. The maximum atomic E-state index is 10.1. The number of benzene rings is 1. The number of phenolic OH excluding ortho intramolecular Hbond substituents is 2. The smallest absolute Gasteiger partial charge is 0.120 e. The standard InChI is InChI=1S/C15H24N2O2/c1-2-3-4-14(17-9-7-16-8-10-17)13-11-12(18)5-6-15(13)19/h5-6,11,14,16,18-19H,2-4,7-10H2,1H3/t14-/m0/s1. The molecule has 0 unspecified atom stereocenters. The number of nitrogens with zero attached hydrogens (tertiary/aromatic N) is 1. The summed E-state index contributed by atoms with van der Waals surface area (Å²) in [6.07, 6.45) is 3.29. The third-order valence-electron chi connectivity index (χ3n) is 3.79. The molecule has 1 fully saturated rings. The average molecular weight is 264 g/mol. The molecule has 106 valence electrons. The molecule has 0 radical (unpaired) electrons. The normalized spacial score (nSPS) is 18.4. The van der Waals surface area contributed by atoms with Gasteiger partial charge in [0, 0.05) is 37.8 Å². The van der Waals surface area contributed by atoms with Crippen LogP contribution in [-0.4, -0.2) is 41.3 Å². The number of piperazine rings is 1. The lowest BCUT2D eigenvalue weighted by atomic mass is 9.97. The first kappa shape index (κ1) is 14.2. The number of rotatable bonds is 5. The van der Waals surface area contributed by atoms with Crippen LogP contribution in [0.3, 0.4) is 0 Å². The van der Waals surface area contributed by atoms with Crippen LogP contribution in [0.5, 0.6) is 11.5 Å². The van der Waals surface area contributed by atoms with Crippen LogP contribution in [0, 0.1) is 0 Å². The van der Waals surface area contributed by atoms with Crippen LogP contribution in [0.2, 0.25) is 0 Å². The van der Waals surface area contributed by atoms with Crippen molar-refractivity contribution in [2.24, 2.45) is 0 Å². The first-order valence-electron chi connectivity index (χ1n) is 7.19. The second kappa shape index (κ2) is 6.78. The van der Waals surface area contributed by atoms with E-state index in [1.165, 1.54) is 6.07 Å². The highest BCUT2D eigenvalue weighted by Gasteiger charge is 2.24. The number of nitrogens with one attached hydrogen (secondary N) is 1. The fourth-order valence-corrected chi connectivity index (χ4v) is 2.73. The maximum Gasteiger partial charge on any atom is 0.120 e. The lowest BCUT2D eigenvalue weighted by molar-refractivity contribution is 0.160. The molecule has 1 aromatic rings. The van der Waals surface area contributed by atoms with Gasteiger partial charge in [0.25, 0.3) is 0 Å². The van der Waals surface area contributed by atoms with Crippen LogP contribution in [0.1, 0.15) is 37.8 Å². The van der Waals surface area contributed by atoms with Crippen LogP contribution >= 0.6 is 0 Å². The highest BCUT2D eigenvalue weighted by molar-refractivity contribution is 5.40. The van der Waals surface area contributed by atoms with Crippen LogP contribution in [0.25, 0.3) is 0 Å². The summed E-state index contributed by atoms with van der Waals surface area (Å²) in [5.41, 5.74) is 0.857. The van der Waals surface area contributed by atoms with E-state index < -0.39 is 0 Å². The monoisotopic (exact) mass is 264 g/mol. The van der Waals surface area contributed by atoms with Crippen LogP contribution in [-0.2, 0) is 0 Å². The Kier molecular flexibility index (Phi) is 5.05. The Bertz CT molecular complexity index is 403. The van der Waals surface area contributed by atoms with E-state index in [0.717, 1.165) is 51.0 Å². The molecule has 1 heterocycles. The maximum absolute atomic E-state index is 10.1. The third kappa shape index (κ3) is 3.61. The van der Waals surface area contributed by atoms with E-state index in [9.17, 15) is 10.2 Å². The van der Waals surface area contributed by atoms with Crippen molar-refractivity contribution in [2.75, 3.05) is 26.2 Å². The molecule has 1 aromatic carbocycles. The molecule has 4 heteroatoms. The predicted octanol–water partition coefficient (Wildman–Crippen LogP) is 2.23. The summed E-state index contributed by atoms with van der Waals surface area (Å²) in [7, 11) is 0. The quantitative estimate of drug-likeness (QED) is 0.714. The van der Waals surface area contributed by atoms with E-state index >= 15 is 0 Å². The van der Waals surface area contributed by atoms with Gasteiger partial charge >= 0.3 is 0 Å². The SMILES string of the molecule is CCCC[C@@H](c1cc(O)ccc1O)N1CCNCC1. The van der Waals surface area contributed by atoms with Gasteiger partial charge in [-0.1, -0.05) is 19.8 Å². The molecular weight excluding hydrogens is 240 g/mol. The van der Waals surface area contributed by atoms with E-state index in [1.54, 1.807) is 12.1 Å². The van der Waals surface area contributed by atoms with Crippen molar-refractivity contribution in [2.45, 2.75) is 32.2 Å². The minimum absolute atomic E-state index is 0.203. The van der Waals surface area contributed by atoms with E-state index in [0.29, 0.717) is 0 Å². The second-order valence-electron chi connectivity index (χ2n) is 5.19. The summed E-state index contributed by atoms with van der Waals surface area (Å²) < 4.78 is 0. The molecule has 1 saturated heterocycles. The zero-order chi connectivity index (χ0) is 13.7. The zero-order valence-electron chi connectivity index (χ0n) is 11.6. The van der Waals surface area contributed by atoms with Gasteiger partial charge in [0.15, 0.2) is 0 Å². The highest BCUT2D eigenvalue weighted by atomic mass is 16.3. The molecule has 0 spiro atoms. The summed E-state index contributed by atoms with van der Waals surface area (Å²) in [6, 6.07) is 5.03. The Morgan fingerprint density at radius 2 is 2.00 bits per heavy atom. The van der Waals surface area contributed by atoms with Gasteiger partial charge in [0.2, 0.25) is 0 Å². The topological polar surface area (TPSA) is 55.7 Å². The van der Waals surface area contributed by atoms with Crippen LogP contribution in [0.15, 0.2) is 18.2 Å². The molecular formula is C15H24N2O2. The van der Waals surface area contributed by atoms with E-state index in [2.05, 4.69) is 17.1 Å². The van der Waals surface area contributed by atoms with E-state index in [4.69, 9.17) is 0 Å². The van der Waals surface area contributed by atoms with Gasteiger partial charge in [-0.25, -0.2) is 0 Å². The lowest BCUT2D eigenvalue weighted by Gasteiger charge is -2.35. The van der Waals surface area contributed by atoms with Gasteiger partial charge in [-0.15, -0.1) is 0 Å². The first-order valence-corrected chi connectivity index (χ1v) is 7.19. The summed E-state index contributed by atoms with van der Waals surface area (Å²) in [6.45, 7) is 6.13. The molecule has 4 nitrogen and oxygen atoms in total. The lowest BCUT2D eigenvalue weighted by Crippen LogP contribution is -2.45. The van der Waals surface area contributed by atoms with Gasteiger partial charge in [0.05, 0.1) is 0 Å². The van der Waals surface area contributed by atoms with Gasteiger partial charge in [-0.3, -0.25) is 4.90 Å². The average Bonchev–Trinajstić information content (AvgIpc) is 2.44. The molecule has 19 heavy (non-hydrogen) atoms. The molecule has 0 amide bonds. The molecule has 1 aliphatic heterocycles. The van der Waals surface area contributed by atoms with Crippen LogP contribution < -0.4 is 5.32 Å². The Morgan fingerprint density at radius 1 is 1.26 bits per heavy atom. The van der Waals surface area contributed by atoms with Crippen molar-refractivity contribution < 1.29 is 10.2 Å². The largest absolute Gasteiger partial charge is 0.508 e. The molecule has 0 bridgehead atoms. The third-order valence-corrected chi connectivity index (χ3v) is 3.79. The fraction of sp³-hybridized carbons (Fsp3) is 0.600. The number of hydrogen-bond donors (Lipinski definition) is 3. The predicted molar refractivity (Wildman–Crippen MR) is 76.5 cm³/mol. The summed E-state index contributed by atoms with van der Waals surface area (Å²) in [4.78, 5) is 2.40. The molecule has 0 aliphatic carbocycles. The van der Waals surface area contributed by atoms with Gasteiger partial charge in [-0.05, 0) is 24.6 Å². The van der Waals surface area contributed by atoms with Gasteiger partial charge in [0.1, 0.15) is 11.5 Å². The second-order valence-corrected chi connectivity index (χ2v) is 5.19. The van der Waals surface area contributed by atoms with E-state index in [1.807, 2.05) is 0 Å². The molecule has 2 rings (SSSR count). The number of unbranched alkanes of at least 4 members (excludes halogenated alkanes) is 1. The van der Waals surface area contributed by atoms with Gasteiger partial charge < -0.3 is 15.5 Å². The minimum atomic E-state index is 0.203. The summed E-state index contributed by atoms with van der Waals surface area (Å²) >= 11 is 0. The van der Waals surface area contributed by atoms with Crippen molar-refractivity contribution in [3.8, 4) is 11.5 Å². The molecule has 1 atom stereocenters. The Balaban J connectivity index is 2.22.